The van der Waals surface area contributed by atoms with Crippen LogP contribution in [-0.4, -0.2) is 24.4 Å². The molecule has 1 aromatic carbocycles. The quantitative estimate of drug-likeness (QED) is 0.894. The Morgan fingerprint density at radius 1 is 1.44 bits per heavy atom. The van der Waals surface area contributed by atoms with Crippen LogP contribution in [-0.2, 0) is 6.54 Å². The van der Waals surface area contributed by atoms with Crippen LogP contribution in [0.25, 0.3) is 11.3 Å². The summed E-state index contributed by atoms with van der Waals surface area (Å²) >= 11 is 6.04. The molecular weight excluding hydrogens is 250 g/mol. The predicted molar refractivity (Wildman–Crippen MR) is 73.1 cm³/mol. The zero-order chi connectivity index (χ0) is 13.1. The summed E-state index contributed by atoms with van der Waals surface area (Å²) in [6, 6.07) is 5.52. The Labute approximate surface area is 111 Å². The number of halogens is 1. The lowest BCUT2D eigenvalue weighted by atomic mass is 10.1. The largest absolute Gasteiger partial charge is 0.496 e. The standard InChI is InChI=1S/C13H16ClN3O/c1-8-11(7-15-2)16-17-13(8)10-6-9(14)4-5-12(10)18-3/h4-6,15H,7H2,1-3H3,(H,16,17). The van der Waals surface area contributed by atoms with E-state index in [2.05, 4.69) is 15.5 Å². The first-order chi connectivity index (χ1) is 8.67. The maximum Gasteiger partial charge on any atom is 0.128 e. The molecule has 0 radical (unpaired) electrons. The van der Waals surface area contributed by atoms with Gasteiger partial charge in [-0.25, -0.2) is 0 Å². The Hall–Kier alpha value is -1.52. The third kappa shape index (κ3) is 2.35. The highest BCUT2D eigenvalue weighted by molar-refractivity contribution is 6.31. The van der Waals surface area contributed by atoms with Crippen LogP contribution in [0.2, 0.25) is 5.02 Å². The Kier molecular flexibility index (Phi) is 3.89. The van der Waals surface area contributed by atoms with Crippen molar-refractivity contribution < 1.29 is 4.74 Å². The van der Waals surface area contributed by atoms with Crippen LogP contribution in [0.5, 0.6) is 5.75 Å². The fraction of sp³-hybridized carbons (Fsp3) is 0.308. The first-order valence-electron chi connectivity index (χ1n) is 5.69. The molecule has 18 heavy (non-hydrogen) atoms. The summed E-state index contributed by atoms with van der Waals surface area (Å²) in [4.78, 5) is 0. The summed E-state index contributed by atoms with van der Waals surface area (Å²) < 4.78 is 5.35. The smallest absolute Gasteiger partial charge is 0.128 e. The van der Waals surface area contributed by atoms with Crippen molar-refractivity contribution in [1.29, 1.82) is 0 Å². The monoisotopic (exact) mass is 265 g/mol. The second-order valence-corrected chi connectivity index (χ2v) is 4.49. The van der Waals surface area contributed by atoms with Crippen molar-refractivity contribution >= 4 is 11.6 Å². The lowest BCUT2D eigenvalue weighted by Gasteiger charge is -2.07. The maximum atomic E-state index is 6.04. The highest BCUT2D eigenvalue weighted by Gasteiger charge is 2.14. The van der Waals surface area contributed by atoms with Gasteiger partial charge < -0.3 is 10.1 Å². The number of aromatic nitrogens is 2. The second kappa shape index (κ2) is 5.42. The van der Waals surface area contributed by atoms with Crippen LogP contribution in [0.3, 0.4) is 0 Å². The summed E-state index contributed by atoms with van der Waals surface area (Å²) in [6.07, 6.45) is 0. The minimum absolute atomic E-state index is 0.670. The molecule has 0 aliphatic heterocycles. The van der Waals surface area contributed by atoms with Gasteiger partial charge in [0.05, 0.1) is 18.5 Å². The van der Waals surface area contributed by atoms with Crippen LogP contribution in [0.1, 0.15) is 11.3 Å². The topological polar surface area (TPSA) is 49.9 Å². The Morgan fingerprint density at radius 3 is 2.89 bits per heavy atom. The van der Waals surface area contributed by atoms with Gasteiger partial charge in [-0.05, 0) is 37.7 Å². The van der Waals surface area contributed by atoms with E-state index in [1.54, 1.807) is 13.2 Å². The van der Waals surface area contributed by atoms with Gasteiger partial charge in [-0.15, -0.1) is 0 Å². The third-order valence-corrected chi connectivity index (χ3v) is 3.12. The molecule has 2 rings (SSSR count). The van der Waals surface area contributed by atoms with E-state index in [-0.39, 0.29) is 0 Å². The molecule has 0 bridgehead atoms. The molecule has 0 spiro atoms. The molecule has 0 saturated heterocycles. The summed E-state index contributed by atoms with van der Waals surface area (Å²) in [7, 11) is 3.54. The molecule has 4 nitrogen and oxygen atoms in total. The SMILES string of the molecule is CNCc1[nH]nc(-c2cc(Cl)ccc2OC)c1C. The van der Waals surface area contributed by atoms with Crippen molar-refractivity contribution in [2.45, 2.75) is 13.5 Å². The van der Waals surface area contributed by atoms with Crippen LogP contribution in [0, 0.1) is 6.92 Å². The first kappa shape index (κ1) is 12.9. The highest BCUT2D eigenvalue weighted by Crippen LogP contribution is 2.33. The van der Waals surface area contributed by atoms with E-state index in [9.17, 15) is 0 Å². The molecule has 1 heterocycles. The fourth-order valence-electron chi connectivity index (χ4n) is 1.91. The zero-order valence-electron chi connectivity index (χ0n) is 10.7. The molecule has 0 aliphatic carbocycles. The predicted octanol–water partition coefficient (Wildman–Crippen LogP) is 2.77. The van der Waals surface area contributed by atoms with Crippen LogP contribution in [0.15, 0.2) is 18.2 Å². The van der Waals surface area contributed by atoms with E-state index in [0.29, 0.717) is 5.02 Å². The van der Waals surface area contributed by atoms with Crippen molar-refractivity contribution in [1.82, 2.24) is 15.5 Å². The van der Waals surface area contributed by atoms with Crippen molar-refractivity contribution in [2.24, 2.45) is 0 Å². The average Bonchev–Trinajstić information content (AvgIpc) is 2.72. The van der Waals surface area contributed by atoms with Crippen molar-refractivity contribution in [3.05, 3.63) is 34.5 Å². The van der Waals surface area contributed by atoms with Gasteiger partial charge in [0.1, 0.15) is 5.75 Å². The van der Waals surface area contributed by atoms with E-state index in [1.165, 1.54) is 0 Å². The van der Waals surface area contributed by atoms with Gasteiger partial charge in [-0.1, -0.05) is 11.6 Å². The summed E-state index contributed by atoms with van der Waals surface area (Å²) in [5.74, 6) is 0.769. The minimum atomic E-state index is 0.670. The normalized spacial score (nSPS) is 10.7. The molecule has 96 valence electrons. The lowest BCUT2D eigenvalue weighted by Crippen LogP contribution is -2.06. The number of hydrogen-bond acceptors (Lipinski definition) is 3. The molecule has 2 aromatic rings. The molecular formula is C13H16ClN3O. The highest BCUT2D eigenvalue weighted by atomic mass is 35.5. The number of H-pyrrole nitrogens is 1. The van der Waals surface area contributed by atoms with Gasteiger partial charge in [-0.3, -0.25) is 5.10 Å². The number of rotatable bonds is 4. The van der Waals surface area contributed by atoms with E-state index >= 15 is 0 Å². The molecule has 0 aliphatic rings. The number of methoxy groups -OCH3 is 1. The molecule has 0 amide bonds. The number of hydrogen-bond donors (Lipinski definition) is 2. The van der Waals surface area contributed by atoms with Gasteiger partial charge in [0, 0.05) is 17.1 Å². The first-order valence-corrected chi connectivity index (χ1v) is 6.07. The number of aromatic amines is 1. The summed E-state index contributed by atoms with van der Waals surface area (Å²) in [6.45, 7) is 2.79. The van der Waals surface area contributed by atoms with Crippen molar-refractivity contribution in [2.75, 3.05) is 14.2 Å². The summed E-state index contributed by atoms with van der Waals surface area (Å²) in [5, 5.41) is 11.2. The number of nitrogens with zero attached hydrogens (tertiary/aromatic N) is 1. The van der Waals surface area contributed by atoms with Gasteiger partial charge >= 0.3 is 0 Å². The van der Waals surface area contributed by atoms with Crippen molar-refractivity contribution in [3.8, 4) is 17.0 Å². The maximum absolute atomic E-state index is 6.04. The Morgan fingerprint density at radius 2 is 2.22 bits per heavy atom. The van der Waals surface area contributed by atoms with Gasteiger partial charge in [0.15, 0.2) is 0 Å². The molecule has 2 N–H and O–H groups in total. The Balaban J connectivity index is 2.51. The molecule has 5 heteroatoms. The van der Waals surface area contributed by atoms with E-state index in [0.717, 1.165) is 34.8 Å². The molecule has 0 saturated carbocycles. The molecule has 1 aromatic heterocycles. The van der Waals surface area contributed by atoms with Crippen LogP contribution < -0.4 is 10.1 Å². The zero-order valence-corrected chi connectivity index (χ0v) is 11.4. The lowest BCUT2D eigenvalue weighted by molar-refractivity contribution is 0.416. The molecule has 0 unspecified atom stereocenters. The van der Waals surface area contributed by atoms with Crippen molar-refractivity contribution in [3.63, 3.8) is 0 Å². The van der Waals surface area contributed by atoms with E-state index in [4.69, 9.17) is 16.3 Å². The van der Waals surface area contributed by atoms with Crippen LogP contribution >= 0.6 is 11.6 Å². The third-order valence-electron chi connectivity index (χ3n) is 2.88. The average molecular weight is 266 g/mol. The number of benzene rings is 1. The Bertz CT molecular complexity index is 551. The van der Waals surface area contributed by atoms with Crippen LogP contribution in [0.4, 0.5) is 0 Å². The summed E-state index contributed by atoms with van der Waals surface area (Å²) in [5.41, 5.74) is 3.94. The van der Waals surface area contributed by atoms with E-state index in [1.807, 2.05) is 26.1 Å². The molecule has 0 fully saturated rings. The second-order valence-electron chi connectivity index (χ2n) is 4.05. The number of ether oxygens (including phenoxy) is 1. The minimum Gasteiger partial charge on any atom is -0.496 e. The number of nitrogens with one attached hydrogen (secondary N) is 2. The molecule has 0 atom stereocenters. The van der Waals surface area contributed by atoms with E-state index < -0.39 is 0 Å². The fourth-order valence-corrected chi connectivity index (χ4v) is 2.08. The van der Waals surface area contributed by atoms with Gasteiger partial charge in [0.25, 0.3) is 0 Å². The van der Waals surface area contributed by atoms with Gasteiger partial charge in [-0.2, -0.15) is 5.10 Å². The van der Waals surface area contributed by atoms with Gasteiger partial charge in [0.2, 0.25) is 0 Å².